The van der Waals surface area contributed by atoms with E-state index < -0.39 is 11.0 Å². The highest BCUT2D eigenvalue weighted by Gasteiger charge is 2.30. The van der Waals surface area contributed by atoms with E-state index in [2.05, 4.69) is 4.99 Å². The van der Waals surface area contributed by atoms with Gasteiger partial charge in [0, 0.05) is 35.4 Å². The molecule has 0 radical (unpaired) electrons. The molecule has 2 aromatic rings. The van der Waals surface area contributed by atoms with Gasteiger partial charge in [-0.1, -0.05) is 12.1 Å². The highest BCUT2D eigenvalue weighted by Crippen LogP contribution is 2.23. The predicted molar refractivity (Wildman–Crippen MR) is 110 cm³/mol. The van der Waals surface area contributed by atoms with Gasteiger partial charge in [0.05, 0.1) is 4.92 Å². The minimum atomic E-state index is -0.788. The summed E-state index contributed by atoms with van der Waals surface area (Å²) < 4.78 is 1.81. The van der Waals surface area contributed by atoms with Crippen molar-refractivity contribution in [3.8, 4) is 0 Å². The molecule has 0 saturated heterocycles. The molecule has 1 aromatic heterocycles. The van der Waals surface area contributed by atoms with E-state index in [0.717, 1.165) is 19.3 Å². The number of carbonyl (C=O) groups excluding carboxylic acids is 1. The van der Waals surface area contributed by atoms with Crippen LogP contribution in [0.15, 0.2) is 41.7 Å². The highest BCUT2D eigenvalue weighted by atomic mass is 32.1. The van der Waals surface area contributed by atoms with Crippen LogP contribution in [0.1, 0.15) is 52.9 Å². The van der Waals surface area contributed by atoms with Gasteiger partial charge < -0.3 is 17.6 Å². The number of carbonyl (C=O) groups is 1. The molecule has 0 aliphatic heterocycles. The lowest BCUT2D eigenvalue weighted by Gasteiger charge is -2.20. The molecule has 1 aromatic carbocycles. The molecule has 1 unspecified atom stereocenters. The Hall–Kier alpha value is -2.67. The second-order valence-electron chi connectivity index (χ2n) is 6.99. The van der Waals surface area contributed by atoms with Crippen molar-refractivity contribution in [1.29, 1.82) is 0 Å². The van der Waals surface area contributed by atoms with Gasteiger partial charge in [-0.05, 0) is 50.1 Å². The van der Waals surface area contributed by atoms with E-state index in [-0.39, 0.29) is 22.1 Å². The van der Waals surface area contributed by atoms with Crippen LogP contribution in [0.25, 0.3) is 0 Å². The topological polar surface area (TPSA) is 76.4 Å². The number of hydrogen-bond donors (Lipinski definition) is 0. The van der Waals surface area contributed by atoms with E-state index in [9.17, 15) is 14.9 Å². The number of benzene rings is 1. The maximum Gasteiger partial charge on any atom is 0.273 e. The summed E-state index contributed by atoms with van der Waals surface area (Å²) in [6, 6.07) is 5.80. The Labute approximate surface area is 169 Å². The minimum absolute atomic E-state index is 0.0709. The first-order valence-corrected chi connectivity index (χ1v) is 9.86. The molecule has 1 aliphatic rings. The summed E-state index contributed by atoms with van der Waals surface area (Å²) >= 11 is 5.46. The fourth-order valence-electron chi connectivity index (χ4n) is 3.58. The van der Waals surface area contributed by atoms with Crippen molar-refractivity contribution in [3.05, 3.63) is 69.0 Å². The van der Waals surface area contributed by atoms with Crippen LogP contribution in [0.2, 0.25) is 0 Å². The average Bonchev–Trinajstić information content (AvgIpc) is 2.68. The quantitative estimate of drug-likeness (QED) is 0.142. The number of nitro groups is 1. The third kappa shape index (κ3) is 4.09. The molecule has 3 rings (SSSR count). The molecule has 0 amide bonds. The number of Topliss-reactive ketones (excluding diaryl/α,β-unsaturated/α-hetero) is 1. The Balaban J connectivity index is 2.06. The van der Waals surface area contributed by atoms with Gasteiger partial charge in [0.15, 0.2) is 12.4 Å². The highest BCUT2D eigenvalue weighted by molar-refractivity contribution is 7.77. The van der Waals surface area contributed by atoms with Gasteiger partial charge in [-0.25, -0.2) is 0 Å². The van der Waals surface area contributed by atoms with Crippen molar-refractivity contribution >= 4 is 29.1 Å². The number of nitrogens with zero attached hydrogens (tertiary/aromatic N) is 3. The third-order valence-corrected chi connectivity index (χ3v) is 5.44. The van der Waals surface area contributed by atoms with Crippen molar-refractivity contribution in [2.75, 3.05) is 6.54 Å². The summed E-state index contributed by atoms with van der Waals surface area (Å²) in [6.07, 6.45) is 8.18. The molecule has 28 heavy (non-hydrogen) atoms. The molecule has 0 spiro atoms. The van der Waals surface area contributed by atoms with Crippen LogP contribution in [0.4, 0.5) is 5.69 Å². The molecule has 1 atom stereocenters. The fourth-order valence-corrected chi connectivity index (χ4v) is 3.94. The van der Waals surface area contributed by atoms with E-state index in [1.807, 2.05) is 25.4 Å². The normalized spacial score (nSPS) is 15.0. The Morgan fingerprint density at radius 1 is 1.29 bits per heavy atom. The van der Waals surface area contributed by atoms with E-state index in [0.29, 0.717) is 12.1 Å². The van der Waals surface area contributed by atoms with Crippen molar-refractivity contribution in [2.45, 2.75) is 45.6 Å². The monoisotopic (exact) mass is 397 g/mol. The Morgan fingerprint density at radius 2 is 2.00 bits per heavy atom. The molecule has 0 fully saturated rings. The largest absolute Gasteiger partial charge is 0.758 e. The summed E-state index contributed by atoms with van der Waals surface area (Å²) in [5.74, 6) is -0.286. The fraction of sp³-hybridized carbons (Fsp3) is 0.381. The molecule has 0 bridgehead atoms. The lowest BCUT2D eigenvalue weighted by molar-refractivity contribution is -0.692. The Bertz CT molecular complexity index is 956. The van der Waals surface area contributed by atoms with E-state index in [4.69, 9.17) is 12.6 Å². The summed E-state index contributed by atoms with van der Waals surface area (Å²) in [5.41, 5.74) is 3.23. The number of pyridine rings is 1. The molecule has 0 saturated carbocycles. The summed E-state index contributed by atoms with van der Waals surface area (Å²) in [6.45, 7) is 3.99. The first-order valence-electron chi connectivity index (χ1n) is 9.45. The Kier molecular flexibility index (Phi) is 6.14. The van der Waals surface area contributed by atoms with Gasteiger partial charge in [0.1, 0.15) is 0 Å². The maximum atomic E-state index is 13.3. The molecule has 1 heterocycles. The lowest BCUT2D eigenvalue weighted by atomic mass is 9.93. The number of aromatic nitrogens is 1. The second kappa shape index (κ2) is 8.56. The molecular formula is C21H23N3O3S. The molecular weight excluding hydrogens is 374 g/mol. The average molecular weight is 398 g/mol. The number of ketones is 1. The number of rotatable bonds is 6. The van der Waals surface area contributed by atoms with Crippen LogP contribution < -0.4 is 4.57 Å². The van der Waals surface area contributed by atoms with Crippen LogP contribution in [0.3, 0.4) is 0 Å². The summed E-state index contributed by atoms with van der Waals surface area (Å²) in [4.78, 5) is 28.4. The lowest BCUT2D eigenvalue weighted by Crippen LogP contribution is -2.48. The van der Waals surface area contributed by atoms with E-state index in [1.165, 1.54) is 23.6 Å². The van der Waals surface area contributed by atoms with Crippen LogP contribution in [0.5, 0.6) is 0 Å². The van der Waals surface area contributed by atoms with Crippen molar-refractivity contribution in [1.82, 2.24) is 0 Å². The smallest absolute Gasteiger partial charge is 0.273 e. The zero-order valence-electron chi connectivity index (χ0n) is 16.1. The molecule has 1 aliphatic carbocycles. The molecule has 146 valence electrons. The number of hydrogen-bond acceptors (Lipinski definition) is 5. The maximum absolute atomic E-state index is 13.3. The number of aryl methyl sites for hydroxylation is 3. The van der Waals surface area contributed by atoms with Crippen LogP contribution in [0, 0.1) is 17.0 Å². The summed E-state index contributed by atoms with van der Waals surface area (Å²) in [7, 11) is 0. The SMILES string of the molecule is CCN=C([S-])C(C(=O)c1ccc(C)c([N+](=O)[O-])c1)[n+]1ccc2c(c1)CCCC2. The van der Waals surface area contributed by atoms with Crippen LogP contribution in [-0.2, 0) is 25.5 Å². The zero-order valence-corrected chi connectivity index (χ0v) is 16.9. The first-order chi connectivity index (χ1) is 13.4. The molecule has 0 N–H and O–H groups in total. The van der Waals surface area contributed by atoms with E-state index >= 15 is 0 Å². The van der Waals surface area contributed by atoms with Crippen LogP contribution >= 0.6 is 0 Å². The summed E-state index contributed by atoms with van der Waals surface area (Å²) in [5, 5.41) is 11.6. The first kappa shape index (κ1) is 20.1. The number of fused-ring (bicyclic) bond motifs is 1. The molecule has 7 heteroatoms. The third-order valence-electron chi connectivity index (χ3n) is 5.09. The minimum Gasteiger partial charge on any atom is -0.758 e. The Morgan fingerprint density at radius 3 is 2.68 bits per heavy atom. The molecule has 6 nitrogen and oxygen atoms in total. The van der Waals surface area contributed by atoms with Gasteiger partial charge in [0.25, 0.3) is 5.69 Å². The van der Waals surface area contributed by atoms with Gasteiger partial charge in [-0.3, -0.25) is 14.9 Å². The standard InChI is InChI=1S/C21H23N3O3S/c1-3-22-21(28)19(23-11-10-15-6-4-5-7-17(15)13-23)20(25)16-9-8-14(2)18(12-16)24(26)27/h8-13,19H,3-7H2,1-2H3. The van der Waals surface area contributed by atoms with E-state index in [1.54, 1.807) is 23.6 Å². The second-order valence-corrected chi connectivity index (χ2v) is 7.41. The van der Waals surface area contributed by atoms with Crippen molar-refractivity contribution < 1.29 is 14.3 Å². The van der Waals surface area contributed by atoms with Crippen LogP contribution in [-0.4, -0.2) is 22.3 Å². The number of aliphatic imine (C=N–C) groups is 1. The van der Waals surface area contributed by atoms with Crippen molar-refractivity contribution in [2.24, 2.45) is 4.99 Å². The predicted octanol–water partition coefficient (Wildman–Crippen LogP) is 3.46. The van der Waals surface area contributed by atoms with Gasteiger partial charge in [-0.15, -0.1) is 0 Å². The van der Waals surface area contributed by atoms with Gasteiger partial charge >= 0.3 is 0 Å². The number of nitro benzene ring substituents is 1. The van der Waals surface area contributed by atoms with Gasteiger partial charge in [0.2, 0.25) is 11.8 Å². The zero-order chi connectivity index (χ0) is 20.3. The van der Waals surface area contributed by atoms with Gasteiger partial charge in [-0.2, -0.15) is 4.57 Å². The van der Waals surface area contributed by atoms with Crippen molar-refractivity contribution in [3.63, 3.8) is 0 Å².